The van der Waals surface area contributed by atoms with Crippen LogP contribution < -0.4 is 0 Å². The molecule has 1 atom stereocenters. The minimum absolute atomic E-state index is 0.254. The minimum Gasteiger partial charge on any atom is -0.508 e. The van der Waals surface area contributed by atoms with Gasteiger partial charge in [0, 0.05) is 18.6 Å². The van der Waals surface area contributed by atoms with Crippen molar-refractivity contribution in [2.45, 2.75) is 31.3 Å². The van der Waals surface area contributed by atoms with Gasteiger partial charge < -0.3 is 14.9 Å². The van der Waals surface area contributed by atoms with Gasteiger partial charge in [-0.25, -0.2) is 0 Å². The lowest BCUT2D eigenvalue weighted by Crippen LogP contribution is -2.42. The Morgan fingerprint density at radius 3 is 2.56 bits per heavy atom. The molecule has 1 fully saturated rings. The Hall–Kier alpha value is -1.06. The third kappa shape index (κ3) is 1.93. The molecule has 1 saturated heterocycles. The van der Waals surface area contributed by atoms with E-state index in [1.807, 2.05) is 19.1 Å². The number of hydrogen-bond donors (Lipinski definition) is 2. The number of rotatable bonds is 2. The summed E-state index contributed by atoms with van der Waals surface area (Å²) >= 11 is 0. The predicted octanol–water partition coefficient (Wildman–Crippen LogP) is 1.82. The zero-order chi connectivity index (χ0) is 11.6. The van der Waals surface area contributed by atoms with Gasteiger partial charge in [-0.1, -0.05) is 12.1 Å². The Morgan fingerprint density at radius 1 is 1.31 bits per heavy atom. The van der Waals surface area contributed by atoms with Crippen molar-refractivity contribution in [2.24, 2.45) is 0 Å². The molecule has 16 heavy (non-hydrogen) atoms. The van der Waals surface area contributed by atoms with E-state index in [1.165, 1.54) is 0 Å². The molecule has 0 aliphatic carbocycles. The average Bonchev–Trinajstić information content (AvgIpc) is 2.30. The van der Waals surface area contributed by atoms with Crippen molar-refractivity contribution in [2.75, 3.05) is 13.2 Å². The molecule has 1 aromatic rings. The van der Waals surface area contributed by atoms with E-state index >= 15 is 0 Å². The summed E-state index contributed by atoms with van der Waals surface area (Å²) in [6, 6.07) is 7.19. The summed E-state index contributed by atoms with van der Waals surface area (Å²) in [5.74, 6) is 0.254. The number of ether oxygens (including phenoxy) is 1. The van der Waals surface area contributed by atoms with Crippen molar-refractivity contribution >= 4 is 0 Å². The van der Waals surface area contributed by atoms with Crippen LogP contribution in [0.4, 0.5) is 0 Å². The van der Waals surface area contributed by atoms with E-state index in [4.69, 9.17) is 4.74 Å². The van der Waals surface area contributed by atoms with Crippen LogP contribution >= 0.6 is 0 Å². The molecule has 0 aromatic heterocycles. The summed E-state index contributed by atoms with van der Waals surface area (Å²) in [5.41, 5.74) is 0.738. The molecule has 2 rings (SSSR count). The Kier molecular flexibility index (Phi) is 3.17. The van der Waals surface area contributed by atoms with E-state index in [0.29, 0.717) is 13.2 Å². The molecule has 88 valence electrons. The van der Waals surface area contributed by atoms with Gasteiger partial charge in [-0.3, -0.25) is 0 Å². The molecule has 3 heteroatoms. The smallest absolute Gasteiger partial charge is 0.115 e. The van der Waals surface area contributed by atoms with Gasteiger partial charge in [0.25, 0.3) is 0 Å². The average molecular weight is 222 g/mol. The summed E-state index contributed by atoms with van der Waals surface area (Å²) in [7, 11) is 0. The molecule has 1 aromatic carbocycles. The van der Waals surface area contributed by atoms with E-state index in [9.17, 15) is 10.2 Å². The van der Waals surface area contributed by atoms with Gasteiger partial charge in [-0.05, 0) is 37.5 Å². The number of hydrogen-bond acceptors (Lipinski definition) is 3. The summed E-state index contributed by atoms with van der Waals surface area (Å²) < 4.78 is 5.35. The molecule has 0 saturated carbocycles. The molecule has 0 radical (unpaired) electrons. The topological polar surface area (TPSA) is 49.7 Å². The van der Waals surface area contributed by atoms with Gasteiger partial charge in [0.1, 0.15) is 5.75 Å². The molecule has 2 N–H and O–H groups in total. The normalized spacial score (nSPS) is 21.6. The highest BCUT2D eigenvalue weighted by molar-refractivity contribution is 5.34. The number of aliphatic hydroxyl groups is 1. The van der Waals surface area contributed by atoms with Crippen LogP contribution in [0.1, 0.15) is 25.3 Å². The van der Waals surface area contributed by atoms with Crippen LogP contribution in [0.3, 0.4) is 0 Å². The van der Waals surface area contributed by atoms with Gasteiger partial charge in [-0.15, -0.1) is 0 Å². The summed E-state index contributed by atoms with van der Waals surface area (Å²) in [4.78, 5) is 0. The van der Waals surface area contributed by atoms with Crippen molar-refractivity contribution in [1.82, 2.24) is 0 Å². The van der Waals surface area contributed by atoms with Crippen LogP contribution in [0.5, 0.6) is 5.75 Å². The molecule has 0 amide bonds. The first kappa shape index (κ1) is 11.4. The molecule has 0 spiro atoms. The zero-order valence-electron chi connectivity index (χ0n) is 9.52. The number of benzene rings is 1. The van der Waals surface area contributed by atoms with Crippen LogP contribution in [-0.4, -0.2) is 29.5 Å². The van der Waals surface area contributed by atoms with Crippen LogP contribution in [0.2, 0.25) is 0 Å². The highest BCUT2D eigenvalue weighted by Gasteiger charge is 2.38. The number of phenolic OH excluding ortho intramolecular Hbond substituents is 1. The standard InChI is InChI=1S/C13H18O3/c1-10(14)13(5-7-16-8-6-13)11-3-2-4-12(15)9-11/h2-4,9-10,14-15H,5-8H2,1H3/t10-/m1/s1. The maximum Gasteiger partial charge on any atom is 0.115 e. The molecule has 1 heterocycles. The van der Waals surface area contributed by atoms with Crippen LogP contribution in [0.25, 0.3) is 0 Å². The molecule has 0 bridgehead atoms. The fourth-order valence-electron chi connectivity index (χ4n) is 2.50. The Balaban J connectivity index is 2.38. The highest BCUT2D eigenvalue weighted by Crippen LogP contribution is 2.38. The SMILES string of the molecule is C[C@@H](O)C1(c2cccc(O)c2)CCOCC1. The van der Waals surface area contributed by atoms with Crippen molar-refractivity contribution in [3.8, 4) is 5.75 Å². The minimum atomic E-state index is -0.432. The third-order valence-corrected chi connectivity index (χ3v) is 3.61. The lowest BCUT2D eigenvalue weighted by molar-refractivity contribution is -0.00845. The first-order chi connectivity index (χ1) is 7.65. The Morgan fingerprint density at radius 2 is 2.00 bits per heavy atom. The van der Waals surface area contributed by atoms with Gasteiger partial charge in [0.2, 0.25) is 0 Å². The monoisotopic (exact) mass is 222 g/mol. The summed E-state index contributed by atoms with van der Waals surface area (Å²) in [5, 5.41) is 19.6. The fourth-order valence-corrected chi connectivity index (χ4v) is 2.50. The summed E-state index contributed by atoms with van der Waals surface area (Å²) in [6.07, 6.45) is 1.17. The molecular formula is C13H18O3. The Labute approximate surface area is 95.7 Å². The first-order valence-corrected chi connectivity index (χ1v) is 5.70. The third-order valence-electron chi connectivity index (χ3n) is 3.61. The van der Waals surface area contributed by atoms with E-state index in [1.54, 1.807) is 12.1 Å². The highest BCUT2D eigenvalue weighted by atomic mass is 16.5. The van der Waals surface area contributed by atoms with Gasteiger partial charge in [-0.2, -0.15) is 0 Å². The number of phenols is 1. The fraction of sp³-hybridized carbons (Fsp3) is 0.538. The predicted molar refractivity (Wildman–Crippen MR) is 61.5 cm³/mol. The molecular weight excluding hydrogens is 204 g/mol. The van der Waals surface area contributed by atoms with Crippen molar-refractivity contribution in [1.29, 1.82) is 0 Å². The molecule has 1 aliphatic heterocycles. The first-order valence-electron chi connectivity index (χ1n) is 5.70. The molecule has 0 unspecified atom stereocenters. The molecule has 1 aliphatic rings. The number of aliphatic hydroxyl groups excluding tert-OH is 1. The second-order valence-electron chi connectivity index (χ2n) is 4.49. The maximum atomic E-state index is 10.0. The lowest BCUT2D eigenvalue weighted by atomic mass is 9.70. The van der Waals surface area contributed by atoms with E-state index < -0.39 is 6.10 Å². The van der Waals surface area contributed by atoms with Crippen LogP contribution in [0.15, 0.2) is 24.3 Å². The quantitative estimate of drug-likeness (QED) is 0.802. The largest absolute Gasteiger partial charge is 0.508 e. The zero-order valence-corrected chi connectivity index (χ0v) is 9.52. The molecule has 3 nitrogen and oxygen atoms in total. The van der Waals surface area contributed by atoms with E-state index in [0.717, 1.165) is 18.4 Å². The van der Waals surface area contributed by atoms with Crippen LogP contribution in [0, 0.1) is 0 Å². The Bertz CT molecular complexity index is 354. The van der Waals surface area contributed by atoms with Gasteiger partial charge >= 0.3 is 0 Å². The van der Waals surface area contributed by atoms with Gasteiger partial charge in [0.05, 0.1) is 6.10 Å². The van der Waals surface area contributed by atoms with Gasteiger partial charge in [0.15, 0.2) is 0 Å². The van der Waals surface area contributed by atoms with Crippen molar-refractivity contribution in [3.63, 3.8) is 0 Å². The van der Waals surface area contributed by atoms with E-state index in [-0.39, 0.29) is 11.2 Å². The lowest BCUT2D eigenvalue weighted by Gasteiger charge is -2.40. The second kappa shape index (κ2) is 4.44. The van der Waals surface area contributed by atoms with E-state index in [2.05, 4.69) is 0 Å². The second-order valence-corrected chi connectivity index (χ2v) is 4.49. The maximum absolute atomic E-state index is 10.0. The van der Waals surface area contributed by atoms with Crippen LogP contribution in [-0.2, 0) is 10.2 Å². The van der Waals surface area contributed by atoms with Crippen molar-refractivity contribution in [3.05, 3.63) is 29.8 Å². The van der Waals surface area contributed by atoms with Crippen molar-refractivity contribution < 1.29 is 14.9 Å². The number of aromatic hydroxyl groups is 1. The summed E-state index contributed by atoms with van der Waals surface area (Å²) in [6.45, 7) is 3.15.